The minimum absolute atomic E-state index is 0.262. The minimum Gasteiger partial charge on any atom is -0.492 e. The van der Waals surface area contributed by atoms with Gasteiger partial charge in [-0.3, -0.25) is 14.4 Å². The van der Waals surface area contributed by atoms with Crippen molar-refractivity contribution >= 4 is 17.7 Å². The highest BCUT2D eigenvalue weighted by atomic mass is 16.5. The number of nitrogens with one attached hydrogen (secondary N) is 4. The zero-order chi connectivity index (χ0) is 26.8. The molecule has 0 unspecified atom stereocenters. The lowest BCUT2D eigenvalue weighted by atomic mass is 9.94. The maximum Gasteiger partial charge on any atom is 0.246 e. The molecule has 1 heterocycles. The van der Waals surface area contributed by atoms with Crippen LogP contribution < -0.4 is 26.0 Å². The van der Waals surface area contributed by atoms with Gasteiger partial charge in [-0.2, -0.15) is 0 Å². The van der Waals surface area contributed by atoms with E-state index in [1.807, 2.05) is 54.6 Å². The normalized spacial score (nSPS) is 23.2. The molecular formula is C29H38N4O5. The molecule has 0 saturated heterocycles. The molecule has 1 aliphatic heterocycles. The van der Waals surface area contributed by atoms with Crippen molar-refractivity contribution in [1.82, 2.24) is 21.3 Å². The van der Waals surface area contributed by atoms with E-state index in [1.165, 1.54) is 0 Å². The molecule has 5 N–H and O–H groups in total. The predicted molar refractivity (Wildman–Crippen MR) is 144 cm³/mol. The van der Waals surface area contributed by atoms with E-state index in [2.05, 4.69) is 21.3 Å². The van der Waals surface area contributed by atoms with Gasteiger partial charge in [-0.15, -0.1) is 0 Å². The Balaban J connectivity index is 1.57. The fraction of sp³-hybridized carbons (Fsp3) is 0.483. The summed E-state index contributed by atoms with van der Waals surface area (Å²) in [6.45, 7) is 0.695. The van der Waals surface area contributed by atoms with E-state index < -0.39 is 30.1 Å². The van der Waals surface area contributed by atoms with Crippen LogP contribution in [0, 0.1) is 0 Å². The molecule has 9 nitrogen and oxygen atoms in total. The van der Waals surface area contributed by atoms with Gasteiger partial charge >= 0.3 is 0 Å². The van der Waals surface area contributed by atoms with Gasteiger partial charge in [-0.1, -0.05) is 61.4 Å². The number of hydrogen-bond acceptors (Lipinski definition) is 6. The third kappa shape index (κ3) is 7.11. The van der Waals surface area contributed by atoms with Crippen LogP contribution in [0.25, 0.3) is 0 Å². The van der Waals surface area contributed by atoms with Gasteiger partial charge in [0, 0.05) is 19.5 Å². The summed E-state index contributed by atoms with van der Waals surface area (Å²) in [6, 6.07) is 15.6. The first-order chi connectivity index (χ1) is 18.5. The SMILES string of the molecule is O=C1NC2(CCCC2)C(=O)N[C@@H](Cc2ccccc2)C(=O)NCCCc2ccccc2OCCN[C@H]1CO. The molecule has 1 saturated carbocycles. The monoisotopic (exact) mass is 522 g/mol. The van der Waals surface area contributed by atoms with Crippen LogP contribution in [-0.4, -0.2) is 66.8 Å². The Morgan fingerprint density at radius 2 is 1.61 bits per heavy atom. The Morgan fingerprint density at radius 1 is 0.868 bits per heavy atom. The van der Waals surface area contributed by atoms with Crippen LogP contribution in [0.1, 0.15) is 43.2 Å². The molecule has 1 spiro atoms. The van der Waals surface area contributed by atoms with Crippen LogP contribution in [0.5, 0.6) is 5.75 Å². The first-order valence-corrected chi connectivity index (χ1v) is 13.5. The van der Waals surface area contributed by atoms with Crippen LogP contribution >= 0.6 is 0 Å². The summed E-state index contributed by atoms with van der Waals surface area (Å²) >= 11 is 0. The second kappa shape index (κ2) is 13.4. The molecule has 38 heavy (non-hydrogen) atoms. The van der Waals surface area contributed by atoms with Crippen LogP contribution in [-0.2, 0) is 27.2 Å². The summed E-state index contributed by atoms with van der Waals surface area (Å²) in [5.74, 6) is -0.322. The summed E-state index contributed by atoms with van der Waals surface area (Å²) in [7, 11) is 0. The van der Waals surface area contributed by atoms with Crippen LogP contribution in [0.3, 0.4) is 0 Å². The smallest absolute Gasteiger partial charge is 0.246 e. The molecule has 2 aromatic rings. The molecule has 2 atom stereocenters. The standard InChI is InChI=1S/C29H38N4O5/c34-20-24-27(36)33-29(14-6-7-15-29)28(37)32-23(19-21-9-2-1-3-10-21)26(35)31-16-8-12-22-11-4-5-13-25(22)38-18-17-30-24/h1-5,9-11,13,23-24,30,34H,6-8,12,14-20H2,(H,31,35)(H,32,37)(H,33,36)/t23-,24-/m0/s1. The third-order valence-electron chi connectivity index (χ3n) is 7.30. The van der Waals surface area contributed by atoms with Gasteiger partial charge < -0.3 is 31.1 Å². The first-order valence-electron chi connectivity index (χ1n) is 13.5. The van der Waals surface area contributed by atoms with Gasteiger partial charge in [0.15, 0.2) is 0 Å². The number of fused-ring (bicyclic) bond motifs is 1. The quantitative estimate of drug-likeness (QED) is 0.413. The molecule has 0 radical (unpaired) electrons. The minimum atomic E-state index is -1.12. The average Bonchev–Trinajstić information content (AvgIpc) is 3.41. The van der Waals surface area contributed by atoms with Gasteiger partial charge in [0.25, 0.3) is 0 Å². The zero-order valence-corrected chi connectivity index (χ0v) is 21.7. The van der Waals surface area contributed by atoms with Crippen molar-refractivity contribution in [2.75, 3.05) is 26.3 Å². The molecule has 1 fully saturated rings. The van der Waals surface area contributed by atoms with E-state index in [9.17, 15) is 19.5 Å². The number of rotatable bonds is 3. The summed E-state index contributed by atoms with van der Waals surface area (Å²) in [6.07, 6.45) is 4.28. The molecule has 2 aliphatic rings. The predicted octanol–water partition coefficient (Wildman–Crippen LogP) is 1.23. The fourth-order valence-electron chi connectivity index (χ4n) is 5.16. The van der Waals surface area contributed by atoms with Crippen LogP contribution in [0.15, 0.2) is 54.6 Å². The number of aliphatic hydroxyl groups is 1. The fourth-order valence-corrected chi connectivity index (χ4v) is 5.16. The number of aryl methyl sites for hydroxylation is 1. The average molecular weight is 523 g/mol. The Morgan fingerprint density at radius 3 is 2.37 bits per heavy atom. The molecule has 9 heteroatoms. The Hall–Kier alpha value is -3.43. The number of ether oxygens (including phenoxy) is 1. The Kier molecular flexibility index (Phi) is 9.73. The molecule has 204 valence electrons. The summed E-state index contributed by atoms with van der Waals surface area (Å²) in [5.41, 5.74) is 0.828. The van der Waals surface area contributed by atoms with Crippen molar-refractivity contribution in [3.63, 3.8) is 0 Å². The van der Waals surface area contributed by atoms with Gasteiger partial charge in [-0.25, -0.2) is 0 Å². The Bertz CT molecular complexity index is 1090. The largest absolute Gasteiger partial charge is 0.492 e. The van der Waals surface area contributed by atoms with E-state index in [0.29, 0.717) is 51.8 Å². The molecule has 0 aromatic heterocycles. The zero-order valence-electron chi connectivity index (χ0n) is 21.7. The third-order valence-corrected chi connectivity index (χ3v) is 7.30. The highest BCUT2D eigenvalue weighted by Crippen LogP contribution is 2.30. The molecule has 3 amide bonds. The molecule has 2 aromatic carbocycles. The number of para-hydroxylation sites is 1. The number of carbonyl (C=O) groups excluding carboxylic acids is 3. The number of hydrogen-bond donors (Lipinski definition) is 5. The maximum atomic E-state index is 13.6. The second-order valence-corrected chi connectivity index (χ2v) is 10.0. The van der Waals surface area contributed by atoms with Gasteiger partial charge in [0.05, 0.1) is 6.61 Å². The van der Waals surface area contributed by atoms with E-state index in [4.69, 9.17) is 4.74 Å². The van der Waals surface area contributed by atoms with Crippen molar-refractivity contribution in [1.29, 1.82) is 0 Å². The maximum absolute atomic E-state index is 13.6. The lowest BCUT2D eigenvalue weighted by Crippen LogP contribution is -2.63. The molecule has 4 rings (SSSR count). The van der Waals surface area contributed by atoms with Gasteiger partial charge in [0.1, 0.15) is 30.0 Å². The number of amides is 3. The van der Waals surface area contributed by atoms with Crippen molar-refractivity contribution in [3.05, 3.63) is 65.7 Å². The Labute approximate surface area is 223 Å². The number of carbonyl (C=O) groups is 3. The highest BCUT2D eigenvalue weighted by Gasteiger charge is 2.44. The second-order valence-electron chi connectivity index (χ2n) is 10.0. The topological polar surface area (TPSA) is 129 Å². The van der Waals surface area contributed by atoms with E-state index in [1.54, 1.807) is 0 Å². The highest BCUT2D eigenvalue weighted by molar-refractivity contribution is 5.96. The number of benzene rings is 2. The van der Waals surface area contributed by atoms with E-state index in [-0.39, 0.29) is 11.8 Å². The van der Waals surface area contributed by atoms with Crippen molar-refractivity contribution in [3.8, 4) is 5.75 Å². The van der Waals surface area contributed by atoms with Gasteiger partial charge in [-0.05, 0) is 42.9 Å². The van der Waals surface area contributed by atoms with Crippen LogP contribution in [0.4, 0.5) is 0 Å². The summed E-state index contributed by atoms with van der Waals surface area (Å²) in [4.78, 5) is 40.1. The van der Waals surface area contributed by atoms with Crippen molar-refractivity contribution in [2.24, 2.45) is 0 Å². The summed E-state index contributed by atoms with van der Waals surface area (Å²) < 4.78 is 5.95. The molecule has 0 bridgehead atoms. The van der Waals surface area contributed by atoms with E-state index >= 15 is 0 Å². The number of aliphatic hydroxyl groups excluding tert-OH is 1. The van der Waals surface area contributed by atoms with Gasteiger partial charge in [0.2, 0.25) is 17.7 Å². The molecule has 1 aliphatic carbocycles. The first kappa shape index (κ1) is 27.6. The van der Waals surface area contributed by atoms with Crippen molar-refractivity contribution < 1.29 is 24.2 Å². The molecular weight excluding hydrogens is 484 g/mol. The summed E-state index contributed by atoms with van der Waals surface area (Å²) in [5, 5.41) is 21.8. The van der Waals surface area contributed by atoms with E-state index in [0.717, 1.165) is 29.7 Å². The van der Waals surface area contributed by atoms with Crippen LogP contribution in [0.2, 0.25) is 0 Å². The lowest BCUT2D eigenvalue weighted by Gasteiger charge is -2.32. The lowest BCUT2D eigenvalue weighted by molar-refractivity contribution is -0.137. The van der Waals surface area contributed by atoms with Crippen molar-refractivity contribution in [2.45, 2.75) is 62.6 Å².